The van der Waals surface area contributed by atoms with Gasteiger partial charge in [-0.25, -0.2) is 0 Å². The Morgan fingerprint density at radius 2 is 2.00 bits per heavy atom. The predicted octanol–water partition coefficient (Wildman–Crippen LogP) is 2.61. The molecule has 2 rings (SSSR count). The van der Waals surface area contributed by atoms with Crippen molar-refractivity contribution in [1.29, 1.82) is 0 Å². The average Bonchev–Trinajstić information content (AvgIpc) is 2.58. The highest BCUT2D eigenvalue weighted by molar-refractivity contribution is 7.03. The van der Waals surface area contributed by atoms with Crippen molar-refractivity contribution in [2.75, 3.05) is 0 Å². The SMILES string of the molecule is [c]1cc(-c2ccccc2)ns1. The third kappa shape index (κ3) is 1.30. The largest absolute Gasteiger partial charge is 0.192 e. The maximum absolute atomic E-state index is 4.17. The van der Waals surface area contributed by atoms with Gasteiger partial charge in [-0.2, -0.15) is 4.37 Å². The molecule has 0 aliphatic carbocycles. The van der Waals surface area contributed by atoms with E-state index < -0.39 is 0 Å². The third-order valence-corrected chi connectivity index (χ3v) is 1.97. The summed E-state index contributed by atoms with van der Waals surface area (Å²) in [5.74, 6) is 0. The van der Waals surface area contributed by atoms with Crippen molar-refractivity contribution < 1.29 is 0 Å². The van der Waals surface area contributed by atoms with Gasteiger partial charge in [0.05, 0.1) is 11.1 Å². The molecule has 0 saturated heterocycles. The molecule has 53 valence electrons. The van der Waals surface area contributed by atoms with Crippen molar-refractivity contribution in [3.63, 3.8) is 0 Å². The molecule has 0 atom stereocenters. The second kappa shape index (κ2) is 2.84. The Labute approximate surface area is 69.5 Å². The van der Waals surface area contributed by atoms with Crippen LogP contribution < -0.4 is 0 Å². The molecule has 2 heteroatoms. The lowest BCUT2D eigenvalue weighted by Crippen LogP contribution is -1.72. The van der Waals surface area contributed by atoms with E-state index in [-0.39, 0.29) is 0 Å². The highest BCUT2D eigenvalue weighted by Crippen LogP contribution is 2.16. The van der Waals surface area contributed by atoms with Crippen molar-refractivity contribution in [2.24, 2.45) is 0 Å². The summed E-state index contributed by atoms with van der Waals surface area (Å²) in [5, 5.41) is 2.96. The fourth-order valence-electron chi connectivity index (χ4n) is 0.929. The van der Waals surface area contributed by atoms with Gasteiger partial charge in [0, 0.05) is 5.56 Å². The minimum atomic E-state index is 1.01. The molecular formula is C9H6NS. The molecule has 0 amide bonds. The molecule has 1 heterocycles. The van der Waals surface area contributed by atoms with Crippen LogP contribution in [-0.2, 0) is 0 Å². The van der Waals surface area contributed by atoms with E-state index in [9.17, 15) is 0 Å². The van der Waals surface area contributed by atoms with E-state index in [4.69, 9.17) is 0 Å². The van der Waals surface area contributed by atoms with Crippen LogP contribution >= 0.6 is 11.5 Å². The van der Waals surface area contributed by atoms with Crippen LogP contribution in [0.3, 0.4) is 0 Å². The second-order valence-corrected chi connectivity index (χ2v) is 2.80. The summed E-state index contributed by atoms with van der Waals surface area (Å²) in [6.07, 6.45) is 0. The van der Waals surface area contributed by atoms with E-state index in [1.54, 1.807) is 0 Å². The van der Waals surface area contributed by atoms with Gasteiger partial charge >= 0.3 is 0 Å². The predicted molar refractivity (Wildman–Crippen MR) is 46.4 cm³/mol. The summed E-state index contributed by atoms with van der Waals surface area (Å²) < 4.78 is 4.17. The molecule has 1 radical (unpaired) electrons. The average molecular weight is 160 g/mol. The lowest BCUT2D eigenvalue weighted by atomic mass is 10.2. The number of rotatable bonds is 1. The fourth-order valence-corrected chi connectivity index (χ4v) is 1.40. The summed E-state index contributed by atoms with van der Waals surface area (Å²) >= 11 is 1.36. The summed E-state index contributed by atoms with van der Waals surface area (Å²) in [5.41, 5.74) is 2.17. The molecule has 1 nitrogen and oxygen atoms in total. The lowest BCUT2D eigenvalue weighted by Gasteiger charge is -1.91. The summed E-state index contributed by atoms with van der Waals surface area (Å²) in [7, 11) is 0. The molecule has 0 N–H and O–H groups in total. The molecule has 0 aliphatic heterocycles. The zero-order valence-corrected chi connectivity index (χ0v) is 6.64. The van der Waals surface area contributed by atoms with Crippen molar-refractivity contribution >= 4 is 11.5 Å². The first-order valence-electron chi connectivity index (χ1n) is 3.35. The van der Waals surface area contributed by atoms with Crippen molar-refractivity contribution in [3.8, 4) is 11.3 Å². The van der Waals surface area contributed by atoms with Crippen molar-refractivity contribution in [3.05, 3.63) is 41.8 Å². The van der Waals surface area contributed by atoms with Crippen LogP contribution in [0.2, 0.25) is 0 Å². The van der Waals surface area contributed by atoms with Crippen LogP contribution in [0.1, 0.15) is 0 Å². The monoisotopic (exact) mass is 160 g/mol. The van der Waals surface area contributed by atoms with Gasteiger partial charge in [-0.05, 0) is 17.6 Å². The zero-order chi connectivity index (χ0) is 7.52. The molecule has 0 unspecified atom stereocenters. The standard InChI is InChI=1S/C9H6NS/c1-2-4-8(5-3-1)9-6-7-11-10-9/h1-6H. The van der Waals surface area contributed by atoms with Crippen LogP contribution in [0.5, 0.6) is 0 Å². The van der Waals surface area contributed by atoms with E-state index in [1.807, 2.05) is 36.4 Å². The molecule has 1 aromatic carbocycles. The Kier molecular flexibility index (Phi) is 1.69. The van der Waals surface area contributed by atoms with E-state index >= 15 is 0 Å². The van der Waals surface area contributed by atoms with E-state index in [2.05, 4.69) is 9.75 Å². The second-order valence-electron chi connectivity index (χ2n) is 2.20. The molecule has 0 saturated carbocycles. The van der Waals surface area contributed by atoms with Crippen LogP contribution in [0.15, 0.2) is 36.4 Å². The quantitative estimate of drug-likeness (QED) is 0.625. The molecular weight excluding hydrogens is 154 g/mol. The van der Waals surface area contributed by atoms with Crippen molar-refractivity contribution in [1.82, 2.24) is 4.37 Å². The Morgan fingerprint density at radius 1 is 1.18 bits per heavy atom. The molecule has 0 aliphatic rings. The number of nitrogens with zero attached hydrogens (tertiary/aromatic N) is 1. The Balaban J connectivity index is 2.46. The molecule has 11 heavy (non-hydrogen) atoms. The van der Waals surface area contributed by atoms with Gasteiger partial charge in [0.15, 0.2) is 0 Å². The van der Waals surface area contributed by atoms with E-state index in [0.29, 0.717) is 0 Å². The molecule has 1 aromatic heterocycles. The van der Waals surface area contributed by atoms with Gasteiger partial charge in [-0.1, -0.05) is 30.3 Å². The van der Waals surface area contributed by atoms with Crippen molar-refractivity contribution in [2.45, 2.75) is 0 Å². The Hall–Kier alpha value is -1.15. The highest BCUT2D eigenvalue weighted by Gasteiger charge is 1.95. The van der Waals surface area contributed by atoms with E-state index in [0.717, 1.165) is 11.3 Å². The molecule has 0 bridgehead atoms. The lowest BCUT2D eigenvalue weighted by molar-refractivity contribution is 1.52. The Bertz CT molecular complexity index is 313. The molecule has 2 aromatic rings. The first kappa shape index (κ1) is 6.55. The van der Waals surface area contributed by atoms with Crippen LogP contribution in [-0.4, -0.2) is 4.37 Å². The minimum absolute atomic E-state index is 1.01. The summed E-state index contributed by atoms with van der Waals surface area (Å²) in [6.45, 7) is 0. The zero-order valence-electron chi connectivity index (χ0n) is 5.82. The van der Waals surface area contributed by atoms with Gasteiger partial charge in [-0.3, -0.25) is 0 Å². The highest BCUT2D eigenvalue weighted by atomic mass is 32.1. The summed E-state index contributed by atoms with van der Waals surface area (Å²) in [4.78, 5) is 0. The maximum atomic E-state index is 4.17. The Morgan fingerprint density at radius 3 is 2.64 bits per heavy atom. The normalized spacial score (nSPS) is 9.82. The number of aromatic nitrogens is 1. The van der Waals surface area contributed by atoms with Gasteiger partial charge in [0.25, 0.3) is 0 Å². The molecule has 0 fully saturated rings. The van der Waals surface area contributed by atoms with Crippen LogP contribution in [0, 0.1) is 5.38 Å². The third-order valence-electron chi connectivity index (χ3n) is 1.46. The van der Waals surface area contributed by atoms with Gasteiger partial charge in [0.2, 0.25) is 0 Å². The van der Waals surface area contributed by atoms with Crippen LogP contribution in [0.25, 0.3) is 11.3 Å². The summed E-state index contributed by atoms with van der Waals surface area (Å²) in [6, 6.07) is 12.0. The van der Waals surface area contributed by atoms with E-state index in [1.165, 1.54) is 11.5 Å². The number of hydrogen-bond acceptors (Lipinski definition) is 2. The maximum Gasteiger partial charge on any atom is 0.0847 e. The number of benzene rings is 1. The smallest absolute Gasteiger partial charge is 0.0847 e. The van der Waals surface area contributed by atoms with Gasteiger partial charge in [-0.15, -0.1) is 0 Å². The van der Waals surface area contributed by atoms with Gasteiger partial charge < -0.3 is 0 Å². The van der Waals surface area contributed by atoms with Gasteiger partial charge in [0.1, 0.15) is 0 Å². The van der Waals surface area contributed by atoms with Crippen LogP contribution in [0.4, 0.5) is 0 Å². The first-order chi connectivity index (χ1) is 5.47. The fraction of sp³-hybridized carbons (Fsp3) is 0. The molecule has 0 spiro atoms. The minimum Gasteiger partial charge on any atom is -0.192 e. The first-order valence-corrected chi connectivity index (χ1v) is 4.12. The number of hydrogen-bond donors (Lipinski definition) is 0. The topological polar surface area (TPSA) is 12.9 Å².